The van der Waals surface area contributed by atoms with Crippen LogP contribution in [-0.2, 0) is 12.3 Å². The van der Waals surface area contributed by atoms with Gasteiger partial charge >= 0.3 is 0 Å². The Hall–Kier alpha value is -2.64. The molecule has 1 fully saturated rings. The number of hydrogen-bond donors (Lipinski definition) is 1. The number of carbonyl (C=O) groups excluding carboxylic acids is 1. The second-order valence-corrected chi connectivity index (χ2v) is 9.55. The van der Waals surface area contributed by atoms with E-state index in [1.807, 2.05) is 48.5 Å². The molecule has 0 radical (unpaired) electrons. The Morgan fingerprint density at radius 2 is 1.91 bits per heavy atom. The Morgan fingerprint density at radius 3 is 2.64 bits per heavy atom. The number of anilines is 1. The minimum atomic E-state index is -0.117. The lowest BCUT2D eigenvalue weighted by Crippen LogP contribution is -2.34. The number of hydrogen-bond acceptors (Lipinski definition) is 6. The summed E-state index contributed by atoms with van der Waals surface area (Å²) in [7, 11) is 2.10. The Bertz CT molecular complexity index is 1060. The molecular formula is C25H28ClN5OS. The highest BCUT2D eigenvalue weighted by molar-refractivity contribution is 7.98. The minimum Gasteiger partial charge on any atom is -0.357 e. The van der Waals surface area contributed by atoms with Crippen molar-refractivity contribution in [2.24, 2.45) is 0 Å². The normalized spacial score (nSPS) is 14.1. The zero-order valence-corrected chi connectivity index (χ0v) is 20.3. The van der Waals surface area contributed by atoms with Gasteiger partial charge in [-0.25, -0.2) is 9.97 Å². The maximum absolute atomic E-state index is 12.4. The van der Waals surface area contributed by atoms with Crippen LogP contribution < -0.4 is 10.2 Å². The van der Waals surface area contributed by atoms with E-state index < -0.39 is 0 Å². The molecule has 4 rings (SSSR count). The lowest BCUT2D eigenvalue weighted by atomic mass is 9.94. The predicted octanol–water partition coefficient (Wildman–Crippen LogP) is 5.52. The summed E-state index contributed by atoms with van der Waals surface area (Å²) < 4.78 is 0. The van der Waals surface area contributed by atoms with E-state index in [2.05, 4.69) is 27.2 Å². The van der Waals surface area contributed by atoms with E-state index in [0.29, 0.717) is 34.2 Å². The van der Waals surface area contributed by atoms with Crippen LogP contribution >= 0.6 is 23.4 Å². The molecule has 0 spiro atoms. The third-order valence-corrected chi connectivity index (χ3v) is 7.00. The first-order chi connectivity index (χ1) is 16.1. The second-order valence-electron chi connectivity index (χ2n) is 8.22. The van der Waals surface area contributed by atoms with Gasteiger partial charge in [-0.2, -0.15) is 0 Å². The molecule has 8 heteroatoms. The van der Waals surface area contributed by atoms with Gasteiger partial charge in [0.2, 0.25) is 0 Å². The minimum absolute atomic E-state index is 0.117. The molecule has 1 aromatic carbocycles. The van der Waals surface area contributed by atoms with Gasteiger partial charge in [0, 0.05) is 36.7 Å². The van der Waals surface area contributed by atoms with E-state index in [-0.39, 0.29) is 5.91 Å². The molecule has 6 nitrogen and oxygen atoms in total. The second kappa shape index (κ2) is 11.5. The molecule has 2 heterocycles. The van der Waals surface area contributed by atoms with E-state index in [0.717, 1.165) is 17.1 Å². The van der Waals surface area contributed by atoms with E-state index in [9.17, 15) is 4.79 Å². The number of aromatic nitrogens is 3. The summed E-state index contributed by atoms with van der Waals surface area (Å²) in [5.74, 6) is 1.46. The van der Waals surface area contributed by atoms with Crippen LogP contribution in [0.1, 0.15) is 53.7 Å². The fraction of sp³-hybridized carbons (Fsp3) is 0.360. The molecule has 0 atom stereocenters. The van der Waals surface area contributed by atoms with Crippen LogP contribution in [0, 0.1) is 0 Å². The Morgan fingerprint density at radius 1 is 1.12 bits per heavy atom. The summed E-state index contributed by atoms with van der Waals surface area (Å²) in [6.45, 7) is 0.404. The number of nitrogens with zero attached hydrogens (tertiary/aromatic N) is 4. The number of amides is 1. The summed E-state index contributed by atoms with van der Waals surface area (Å²) in [5.41, 5.74) is 2.54. The lowest BCUT2D eigenvalue weighted by molar-refractivity contribution is 0.0950. The van der Waals surface area contributed by atoms with Crippen LogP contribution in [0.2, 0.25) is 5.15 Å². The van der Waals surface area contributed by atoms with Crippen LogP contribution in [0.25, 0.3) is 0 Å². The number of pyridine rings is 1. The van der Waals surface area contributed by atoms with Gasteiger partial charge in [0.25, 0.3) is 5.91 Å². The highest BCUT2D eigenvalue weighted by atomic mass is 35.5. The molecule has 0 bridgehead atoms. The number of thioether (sulfide) groups is 1. The third-order valence-electron chi connectivity index (χ3n) is 5.88. The molecule has 0 saturated heterocycles. The van der Waals surface area contributed by atoms with Crippen LogP contribution in [0.15, 0.2) is 59.9 Å². The molecule has 1 aliphatic carbocycles. The Balaban J connectivity index is 1.33. The number of rotatable bonds is 8. The van der Waals surface area contributed by atoms with E-state index in [1.54, 1.807) is 18.0 Å². The summed E-state index contributed by atoms with van der Waals surface area (Å²) in [4.78, 5) is 28.0. The Kier molecular flexibility index (Phi) is 8.18. The van der Waals surface area contributed by atoms with Crippen LogP contribution in [-0.4, -0.2) is 33.9 Å². The highest BCUT2D eigenvalue weighted by Gasteiger charge is 2.20. The molecule has 3 aromatic rings. The van der Waals surface area contributed by atoms with Crippen molar-refractivity contribution in [2.45, 2.75) is 55.6 Å². The molecule has 2 aromatic heterocycles. The molecule has 1 aliphatic rings. The zero-order chi connectivity index (χ0) is 23.0. The summed E-state index contributed by atoms with van der Waals surface area (Å²) >= 11 is 7.85. The average Bonchev–Trinajstić information content (AvgIpc) is 2.86. The van der Waals surface area contributed by atoms with Crippen LogP contribution in [0.3, 0.4) is 0 Å². The van der Waals surface area contributed by atoms with Gasteiger partial charge in [0.05, 0.1) is 12.2 Å². The maximum atomic E-state index is 12.4. The van der Waals surface area contributed by atoms with Crippen LogP contribution in [0.4, 0.5) is 5.82 Å². The largest absolute Gasteiger partial charge is 0.357 e. The van der Waals surface area contributed by atoms with Gasteiger partial charge in [-0.05, 0) is 42.7 Å². The summed E-state index contributed by atoms with van der Waals surface area (Å²) in [6.07, 6.45) is 7.97. The van der Waals surface area contributed by atoms with Crippen LogP contribution in [0.5, 0.6) is 0 Å². The van der Waals surface area contributed by atoms with Gasteiger partial charge in [-0.15, -0.1) is 0 Å². The van der Waals surface area contributed by atoms with Gasteiger partial charge in [-0.1, -0.05) is 60.8 Å². The summed E-state index contributed by atoms with van der Waals surface area (Å²) in [5, 5.41) is 4.02. The number of nitrogens with one attached hydrogen (secondary N) is 1. The van der Waals surface area contributed by atoms with Crippen molar-refractivity contribution < 1.29 is 4.79 Å². The van der Waals surface area contributed by atoms with Gasteiger partial charge < -0.3 is 10.2 Å². The predicted molar refractivity (Wildman–Crippen MR) is 134 cm³/mol. The molecule has 0 aliphatic heterocycles. The zero-order valence-electron chi connectivity index (χ0n) is 18.7. The lowest BCUT2D eigenvalue weighted by Gasteiger charge is -2.32. The van der Waals surface area contributed by atoms with Crippen molar-refractivity contribution >= 4 is 35.1 Å². The third kappa shape index (κ3) is 6.68. The number of carbonyl (C=O) groups is 1. The molecule has 1 amide bonds. The van der Waals surface area contributed by atoms with E-state index >= 15 is 0 Å². The topological polar surface area (TPSA) is 71.0 Å². The molecule has 1 N–H and O–H groups in total. The molecule has 33 heavy (non-hydrogen) atoms. The average molecular weight is 482 g/mol. The van der Waals surface area contributed by atoms with Crippen molar-refractivity contribution in [2.75, 3.05) is 11.9 Å². The standard InChI is InChI=1S/C25H28ClN5OS/c1-31(21-8-3-2-4-9-21)23-15-22(26)29-25(30-23)33-17-18-10-12-19(13-11-18)24(32)28-16-20-7-5-6-14-27-20/h5-7,10-15,21H,2-4,8-9,16-17H2,1H3,(H,28,32). The quantitative estimate of drug-likeness (QED) is 0.259. The Labute approximate surface area is 204 Å². The first-order valence-corrected chi connectivity index (χ1v) is 12.6. The van der Waals surface area contributed by atoms with Gasteiger partial charge in [-0.3, -0.25) is 9.78 Å². The smallest absolute Gasteiger partial charge is 0.251 e. The first-order valence-electron chi connectivity index (χ1n) is 11.3. The van der Waals surface area contributed by atoms with Crippen molar-refractivity contribution in [3.63, 3.8) is 0 Å². The van der Waals surface area contributed by atoms with E-state index in [4.69, 9.17) is 16.6 Å². The van der Waals surface area contributed by atoms with Crippen molar-refractivity contribution in [1.29, 1.82) is 0 Å². The van der Waals surface area contributed by atoms with Crippen molar-refractivity contribution in [3.8, 4) is 0 Å². The SMILES string of the molecule is CN(c1cc(Cl)nc(SCc2ccc(C(=O)NCc3ccccn3)cc2)n1)C1CCCCC1. The number of halogens is 1. The fourth-order valence-electron chi connectivity index (χ4n) is 3.96. The summed E-state index contributed by atoms with van der Waals surface area (Å²) in [6, 6.07) is 15.6. The maximum Gasteiger partial charge on any atom is 0.251 e. The monoisotopic (exact) mass is 481 g/mol. The first kappa shape index (κ1) is 23.5. The molecular weight excluding hydrogens is 454 g/mol. The number of benzene rings is 1. The van der Waals surface area contributed by atoms with Crippen molar-refractivity contribution in [3.05, 3.63) is 76.7 Å². The molecule has 172 valence electrons. The highest BCUT2D eigenvalue weighted by Crippen LogP contribution is 2.28. The van der Waals surface area contributed by atoms with Gasteiger partial charge in [0.1, 0.15) is 11.0 Å². The fourth-order valence-corrected chi connectivity index (χ4v) is 5.00. The molecule has 0 unspecified atom stereocenters. The molecule has 1 saturated carbocycles. The van der Waals surface area contributed by atoms with E-state index in [1.165, 1.54) is 32.1 Å². The van der Waals surface area contributed by atoms with Crippen molar-refractivity contribution in [1.82, 2.24) is 20.3 Å². The van der Waals surface area contributed by atoms with Gasteiger partial charge in [0.15, 0.2) is 5.16 Å².